The van der Waals surface area contributed by atoms with Crippen LogP contribution < -0.4 is 20.2 Å². The average molecular weight is 507 g/mol. The van der Waals surface area contributed by atoms with E-state index in [2.05, 4.69) is 10.3 Å². The number of nitrogens with zero attached hydrogens (tertiary/aromatic N) is 1. The van der Waals surface area contributed by atoms with Crippen molar-refractivity contribution < 1.29 is 23.4 Å². The van der Waals surface area contributed by atoms with Crippen LogP contribution in [0.1, 0.15) is 18.7 Å². The van der Waals surface area contributed by atoms with Crippen molar-refractivity contribution in [3.05, 3.63) is 69.3 Å². The molecule has 0 aliphatic rings. The minimum Gasteiger partial charge on any atom is -0.497 e. The van der Waals surface area contributed by atoms with Crippen molar-refractivity contribution in [2.24, 2.45) is 0 Å². The predicted molar refractivity (Wildman–Crippen MR) is 141 cm³/mol. The molecule has 0 bridgehead atoms. The zero-order chi connectivity index (χ0) is 25.8. The van der Waals surface area contributed by atoms with Gasteiger partial charge in [-0.3, -0.25) is 4.79 Å². The monoisotopic (exact) mass is 506 g/mol. The number of benzene rings is 2. The van der Waals surface area contributed by atoms with E-state index in [9.17, 15) is 9.59 Å². The number of ether oxygens (including phenoxy) is 3. The summed E-state index contributed by atoms with van der Waals surface area (Å²) in [6.07, 6.45) is 1.38. The highest BCUT2D eigenvalue weighted by Crippen LogP contribution is 2.35. The smallest absolute Gasteiger partial charge is 0.332 e. The molecule has 2 aromatic carbocycles. The van der Waals surface area contributed by atoms with Gasteiger partial charge in [0.05, 0.1) is 31.9 Å². The fourth-order valence-corrected chi connectivity index (χ4v) is 4.63. The highest BCUT2D eigenvalue weighted by Gasteiger charge is 2.19. The Balaban J connectivity index is 1.71. The van der Waals surface area contributed by atoms with Crippen LogP contribution in [0, 0.1) is 6.92 Å². The molecule has 36 heavy (non-hydrogen) atoms. The molecule has 0 atom stereocenters. The summed E-state index contributed by atoms with van der Waals surface area (Å²) in [5.41, 5.74) is 2.98. The molecule has 0 aliphatic carbocycles. The Morgan fingerprint density at radius 3 is 2.50 bits per heavy atom. The lowest BCUT2D eigenvalue weighted by atomic mass is 10.1. The van der Waals surface area contributed by atoms with Crippen molar-refractivity contribution in [3.63, 3.8) is 0 Å². The standard InChI is InChI=1S/C27H26N2O6S/c1-6-34-22(30)13-15(2)28-27-29-23(16(3)36-27)18-9-12-21-20(14-18)24(31)26(33-5)25(35-21)17-7-10-19(32-4)11-8-17/h7-14H,6H2,1-5H3,(H,28,29)/b15-13+. The van der Waals surface area contributed by atoms with E-state index in [1.165, 1.54) is 24.5 Å². The molecule has 2 aromatic heterocycles. The molecular formula is C27H26N2O6S. The van der Waals surface area contributed by atoms with Crippen LogP contribution in [0.15, 0.2) is 63.4 Å². The maximum Gasteiger partial charge on any atom is 0.332 e. The normalized spacial score (nSPS) is 11.4. The molecule has 0 amide bonds. The van der Waals surface area contributed by atoms with Gasteiger partial charge in [-0.25, -0.2) is 9.78 Å². The summed E-state index contributed by atoms with van der Waals surface area (Å²) in [5, 5.41) is 4.14. The molecule has 0 unspecified atom stereocenters. The number of rotatable bonds is 8. The van der Waals surface area contributed by atoms with Gasteiger partial charge in [0.15, 0.2) is 10.9 Å². The summed E-state index contributed by atoms with van der Waals surface area (Å²) in [6, 6.07) is 12.6. The van der Waals surface area contributed by atoms with Crippen LogP contribution in [-0.2, 0) is 9.53 Å². The third kappa shape index (κ3) is 5.11. The van der Waals surface area contributed by atoms with Gasteiger partial charge >= 0.3 is 5.97 Å². The fraction of sp³-hybridized carbons (Fsp3) is 0.222. The first-order chi connectivity index (χ1) is 17.3. The fourth-order valence-electron chi connectivity index (χ4n) is 3.73. The molecule has 0 fully saturated rings. The van der Waals surface area contributed by atoms with Gasteiger partial charge in [-0.15, -0.1) is 11.3 Å². The molecule has 0 aliphatic heterocycles. The number of aromatic nitrogens is 1. The van der Waals surface area contributed by atoms with Crippen molar-refractivity contribution in [1.82, 2.24) is 4.98 Å². The van der Waals surface area contributed by atoms with Gasteiger partial charge in [-0.2, -0.15) is 0 Å². The Bertz CT molecular complexity index is 1500. The number of allylic oxidation sites excluding steroid dienone is 1. The summed E-state index contributed by atoms with van der Waals surface area (Å²) in [5.74, 6) is 0.761. The van der Waals surface area contributed by atoms with Crippen molar-refractivity contribution in [1.29, 1.82) is 0 Å². The predicted octanol–water partition coefficient (Wildman–Crippen LogP) is 5.79. The number of carbonyl (C=O) groups excluding carboxylic acids is 1. The van der Waals surface area contributed by atoms with E-state index in [4.69, 9.17) is 18.6 Å². The lowest BCUT2D eigenvalue weighted by molar-refractivity contribution is -0.137. The van der Waals surface area contributed by atoms with Gasteiger partial charge in [-0.05, 0) is 63.2 Å². The number of fused-ring (bicyclic) bond motifs is 1. The molecule has 4 aromatic rings. The van der Waals surface area contributed by atoms with Crippen molar-refractivity contribution in [2.75, 3.05) is 26.1 Å². The Hall–Kier alpha value is -4.11. The molecule has 8 nitrogen and oxygen atoms in total. The quantitative estimate of drug-likeness (QED) is 0.237. The van der Waals surface area contributed by atoms with Crippen LogP contribution in [0.2, 0.25) is 0 Å². The molecule has 4 rings (SSSR count). The minimum atomic E-state index is -0.416. The molecule has 1 N–H and O–H groups in total. The van der Waals surface area contributed by atoms with Gasteiger partial charge in [0.25, 0.3) is 0 Å². The Morgan fingerprint density at radius 1 is 1.11 bits per heavy atom. The van der Waals surface area contributed by atoms with E-state index >= 15 is 0 Å². The first-order valence-corrected chi connectivity index (χ1v) is 12.0. The molecular weight excluding hydrogens is 480 g/mol. The molecule has 9 heteroatoms. The summed E-state index contributed by atoms with van der Waals surface area (Å²) in [4.78, 5) is 30.7. The van der Waals surface area contributed by atoms with Gasteiger partial charge in [0.2, 0.25) is 11.2 Å². The number of esters is 1. The third-order valence-corrected chi connectivity index (χ3v) is 6.29. The van der Waals surface area contributed by atoms with Crippen LogP contribution >= 0.6 is 11.3 Å². The molecule has 2 heterocycles. The molecule has 0 saturated heterocycles. The molecule has 0 radical (unpaired) electrons. The van der Waals surface area contributed by atoms with E-state index in [0.717, 1.165) is 16.1 Å². The van der Waals surface area contributed by atoms with Crippen molar-refractivity contribution in [2.45, 2.75) is 20.8 Å². The number of hydrogen-bond donors (Lipinski definition) is 1. The summed E-state index contributed by atoms with van der Waals surface area (Å²) in [6.45, 7) is 5.78. The van der Waals surface area contributed by atoms with Gasteiger partial charge in [0, 0.05) is 27.8 Å². The van der Waals surface area contributed by atoms with Crippen LogP contribution in [-0.4, -0.2) is 31.8 Å². The van der Waals surface area contributed by atoms with Gasteiger partial charge in [-0.1, -0.05) is 0 Å². The van der Waals surface area contributed by atoms with Crippen molar-refractivity contribution in [3.8, 4) is 34.1 Å². The Labute approximate surface area is 212 Å². The number of carbonyl (C=O) groups is 1. The first-order valence-electron chi connectivity index (χ1n) is 11.2. The molecule has 186 valence electrons. The zero-order valence-electron chi connectivity index (χ0n) is 20.6. The number of nitrogens with one attached hydrogen (secondary N) is 1. The highest BCUT2D eigenvalue weighted by atomic mass is 32.1. The molecule has 0 spiro atoms. The number of aryl methyl sites for hydroxylation is 1. The zero-order valence-corrected chi connectivity index (χ0v) is 21.4. The van der Waals surface area contributed by atoms with Crippen molar-refractivity contribution >= 4 is 33.4 Å². The number of thiazole rings is 1. The van der Waals surface area contributed by atoms with E-state index in [0.29, 0.717) is 45.5 Å². The summed E-state index contributed by atoms with van der Waals surface area (Å²) >= 11 is 1.45. The maximum atomic E-state index is 13.4. The number of methoxy groups -OCH3 is 2. The number of hydrogen-bond acceptors (Lipinski definition) is 9. The molecule has 0 saturated carbocycles. The number of anilines is 1. The summed E-state index contributed by atoms with van der Waals surface area (Å²) < 4.78 is 21.7. The first kappa shape index (κ1) is 25.0. The average Bonchev–Trinajstić information content (AvgIpc) is 3.23. The second kappa shape index (κ2) is 10.7. The largest absolute Gasteiger partial charge is 0.497 e. The van der Waals surface area contributed by atoms with Gasteiger partial charge in [0.1, 0.15) is 11.3 Å². The van der Waals surface area contributed by atoms with Crippen LogP contribution in [0.3, 0.4) is 0 Å². The topological polar surface area (TPSA) is 99.9 Å². The SMILES string of the molecule is CCOC(=O)/C=C(\C)Nc1nc(-c2ccc3oc(-c4ccc(OC)cc4)c(OC)c(=O)c3c2)c(C)s1. The summed E-state index contributed by atoms with van der Waals surface area (Å²) in [7, 11) is 3.04. The van der Waals surface area contributed by atoms with Gasteiger partial charge < -0.3 is 23.9 Å². The lowest BCUT2D eigenvalue weighted by Crippen LogP contribution is -2.07. The van der Waals surface area contributed by atoms with Crippen LogP contribution in [0.25, 0.3) is 33.6 Å². The highest BCUT2D eigenvalue weighted by molar-refractivity contribution is 7.16. The maximum absolute atomic E-state index is 13.4. The van der Waals surface area contributed by atoms with E-state index in [1.54, 1.807) is 45.2 Å². The minimum absolute atomic E-state index is 0.127. The third-order valence-electron chi connectivity index (χ3n) is 5.40. The van der Waals surface area contributed by atoms with E-state index < -0.39 is 5.97 Å². The Kier molecular flexibility index (Phi) is 7.40. The Morgan fingerprint density at radius 2 is 1.83 bits per heavy atom. The van der Waals surface area contributed by atoms with Crippen LogP contribution in [0.5, 0.6) is 11.5 Å². The van der Waals surface area contributed by atoms with Crippen LogP contribution in [0.4, 0.5) is 5.13 Å². The second-order valence-corrected chi connectivity index (χ2v) is 9.06. The second-order valence-electron chi connectivity index (χ2n) is 7.86. The van der Waals surface area contributed by atoms with E-state index in [-0.39, 0.29) is 11.2 Å². The van der Waals surface area contributed by atoms with E-state index in [1.807, 2.05) is 25.1 Å². The lowest BCUT2D eigenvalue weighted by Gasteiger charge is -2.10.